The highest BCUT2D eigenvalue weighted by atomic mass is 16.3. The van der Waals surface area contributed by atoms with Gasteiger partial charge in [-0.2, -0.15) is 0 Å². The fourth-order valence-electron chi connectivity index (χ4n) is 1.63. The molecule has 0 aliphatic heterocycles. The van der Waals surface area contributed by atoms with Crippen LogP contribution in [0.5, 0.6) is 0 Å². The second-order valence-corrected chi connectivity index (χ2v) is 4.35. The Hall–Kier alpha value is -0.0400. The van der Waals surface area contributed by atoms with E-state index in [2.05, 4.69) is 34.6 Å². The molecule has 0 amide bonds. The van der Waals surface area contributed by atoms with E-state index >= 15 is 0 Å². The maximum atomic E-state index is 9.61. The number of aliphatic hydroxyl groups excluding tert-OH is 1. The van der Waals surface area contributed by atoms with Gasteiger partial charge in [0.05, 0.1) is 6.10 Å². The molecule has 0 aromatic carbocycles. The maximum absolute atomic E-state index is 9.61. The Kier molecular flexibility index (Phi) is 3.56. The van der Waals surface area contributed by atoms with Gasteiger partial charge < -0.3 is 5.11 Å². The summed E-state index contributed by atoms with van der Waals surface area (Å²) in [6, 6.07) is 0. The van der Waals surface area contributed by atoms with Gasteiger partial charge in [0, 0.05) is 0 Å². The molecule has 0 bridgehead atoms. The lowest BCUT2D eigenvalue weighted by molar-refractivity contribution is -0.0195. The zero-order valence-corrected chi connectivity index (χ0v) is 8.68. The predicted octanol–water partition coefficient (Wildman–Crippen LogP) is 2.69. The van der Waals surface area contributed by atoms with Gasteiger partial charge in [0.1, 0.15) is 0 Å². The summed E-state index contributed by atoms with van der Waals surface area (Å²) in [6.07, 6.45) is -0.220. The standard InChI is InChI=1S/C10H22O/c1-7(2)10(6,8(3)4)9(5)11/h7-9,11H,1-6H3. The molecule has 0 aliphatic rings. The Labute approximate surface area is 70.8 Å². The molecule has 1 N–H and O–H groups in total. The van der Waals surface area contributed by atoms with E-state index < -0.39 is 0 Å². The van der Waals surface area contributed by atoms with Gasteiger partial charge in [0.15, 0.2) is 0 Å². The molecule has 0 heterocycles. The van der Waals surface area contributed by atoms with Crippen LogP contribution < -0.4 is 0 Å². The van der Waals surface area contributed by atoms with Crippen molar-refractivity contribution in [1.82, 2.24) is 0 Å². The minimum atomic E-state index is -0.220. The quantitative estimate of drug-likeness (QED) is 0.669. The van der Waals surface area contributed by atoms with Crippen molar-refractivity contribution in [2.45, 2.75) is 47.6 Å². The molecule has 0 aromatic heterocycles. The molecule has 0 rings (SSSR count). The Morgan fingerprint density at radius 2 is 1.18 bits per heavy atom. The van der Waals surface area contributed by atoms with Crippen molar-refractivity contribution in [3.63, 3.8) is 0 Å². The van der Waals surface area contributed by atoms with Crippen LogP contribution in [0.15, 0.2) is 0 Å². The largest absolute Gasteiger partial charge is 0.393 e. The molecule has 0 saturated carbocycles. The van der Waals surface area contributed by atoms with Crippen molar-refractivity contribution in [2.75, 3.05) is 0 Å². The highest BCUT2D eigenvalue weighted by Gasteiger charge is 2.36. The molecule has 11 heavy (non-hydrogen) atoms. The third kappa shape index (κ3) is 1.96. The first-order valence-electron chi connectivity index (χ1n) is 4.51. The number of rotatable bonds is 3. The lowest BCUT2D eigenvalue weighted by Crippen LogP contribution is -2.39. The predicted molar refractivity (Wildman–Crippen MR) is 49.5 cm³/mol. The van der Waals surface area contributed by atoms with Crippen molar-refractivity contribution in [2.24, 2.45) is 17.3 Å². The summed E-state index contributed by atoms with van der Waals surface area (Å²) in [4.78, 5) is 0. The molecule has 0 aromatic rings. The molecule has 0 saturated heterocycles. The van der Waals surface area contributed by atoms with Crippen LogP contribution in [0.2, 0.25) is 0 Å². The SMILES string of the molecule is CC(C)C(C)(C(C)C)C(C)O. The van der Waals surface area contributed by atoms with Crippen LogP contribution in [0.4, 0.5) is 0 Å². The van der Waals surface area contributed by atoms with Crippen molar-refractivity contribution < 1.29 is 5.11 Å². The van der Waals surface area contributed by atoms with E-state index in [0.29, 0.717) is 11.8 Å². The van der Waals surface area contributed by atoms with E-state index in [1.807, 2.05) is 6.92 Å². The van der Waals surface area contributed by atoms with Gasteiger partial charge in [-0.3, -0.25) is 0 Å². The van der Waals surface area contributed by atoms with Gasteiger partial charge in [0.2, 0.25) is 0 Å². The minimum absolute atomic E-state index is 0.0556. The van der Waals surface area contributed by atoms with Crippen molar-refractivity contribution >= 4 is 0 Å². The van der Waals surface area contributed by atoms with Crippen LogP contribution in [-0.4, -0.2) is 11.2 Å². The number of hydrogen-bond acceptors (Lipinski definition) is 1. The topological polar surface area (TPSA) is 20.2 Å². The zero-order valence-electron chi connectivity index (χ0n) is 8.68. The third-order valence-corrected chi connectivity index (χ3v) is 3.39. The third-order valence-electron chi connectivity index (χ3n) is 3.39. The summed E-state index contributed by atoms with van der Waals surface area (Å²) in [5, 5.41) is 9.61. The molecule has 1 atom stereocenters. The molecule has 68 valence electrons. The highest BCUT2D eigenvalue weighted by Crippen LogP contribution is 2.38. The van der Waals surface area contributed by atoms with E-state index in [1.165, 1.54) is 0 Å². The van der Waals surface area contributed by atoms with Gasteiger partial charge in [-0.05, 0) is 24.2 Å². The lowest BCUT2D eigenvalue weighted by Gasteiger charge is -2.40. The molecule has 1 unspecified atom stereocenters. The van der Waals surface area contributed by atoms with Crippen molar-refractivity contribution in [3.8, 4) is 0 Å². The first kappa shape index (κ1) is 11.0. The van der Waals surface area contributed by atoms with Gasteiger partial charge >= 0.3 is 0 Å². The molecule has 1 heteroatoms. The van der Waals surface area contributed by atoms with Gasteiger partial charge in [0.25, 0.3) is 0 Å². The molecule has 0 spiro atoms. The van der Waals surface area contributed by atoms with Crippen LogP contribution in [-0.2, 0) is 0 Å². The Morgan fingerprint density at radius 1 is 0.909 bits per heavy atom. The van der Waals surface area contributed by atoms with E-state index in [1.54, 1.807) is 0 Å². The molecular weight excluding hydrogens is 136 g/mol. The van der Waals surface area contributed by atoms with Crippen LogP contribution in [0.1, 0.15) is 41.5 Å². The van der Waals surface area contributed by atoms with E-state index in [9.17, 15) is 5.11 Å². The molecule has 1 nitrogen and oxygen atoms in total. The normalized spacial score (nSPS) is 16.1. The second-order valence-electron chi connectivity index (χ2n) is 4.35. The molecule has 0 fully saturated rings. The van der Waals surface area contributed by atoms with Gasteiger partial charge in [-0.1, -0.05) is 34.6 Å². The fraction of sp³-hybridized carbons (Fsp3) is 1.00. The average Bonchev–Trinajstić information content (AvgIpc) is 1.84. The van der Waals surface area contributed by atoms with Crippen molar-refractivity contribution in [3.05, 3.63) is 0 Å². The summed E-state index contributed by atoms with van der Waals surface area (Å²) in [5.41, 5.74) is 0.0556. The van der Waals surface area contributed by atoms with Crippen molar-refractivity contribution in [1.29, 1.82) is 0 Å². The maximum Gasteiger partial charge on any atom is 0.0570 e. The van der Waals surface area contributed by atoms with Crippen LogP contribution in [0.3, 0.4) is 0 Å². The van der Waals surface area contributed by atoms with Gasteiger partial charge in [-0.25, -0.2) is 0 Å². The van der Waals surface area contributed by atoms with E-state index in [4.69, 9.17) is 0 Å². The average molecular weight is 158 g/mol. The number of aliphatic hydroxyl groups is 1. The Morgan fingerprint density at radius 3 is 1.18 bits per heavy atom. The van der Waals surface area contributed by atoms with Crippen LogP contribution in [0.25, 0.3) is 0 Å². The highest BCUT2D eigenvalue weighted by molar-refractivity contribution is 4.85. The lowest BCUT2D eigenvalue weighted by atomic mass is 9.67. The smallest absolute Gasteiger partial charge is 0.0570 e. The monoisotopic (exact) mass is 158 g/mol. The minimum Gasteiger partial charge on any atom is -0.393 e. The Balaban J connectivity index is 4.53. The summed E-state index contributed by atoms with van der Waals surface area (Å²) in [5.74, 6) is 1.06. The van der Waals surface area contributed by atoms with Crippen LogP contribution >= 0.6 is 0 Å². The second kappa shape index (κ2) is 3.57. The van der Waals surface area contributed by atoms with Crippen LogP contribution in [0, 0.1) is 17.3 Å². The first-order valence-corrected chi connectivity index (χ1v) is 4.51. The Bertz CT molecular complexity index is 92.3. The first-order chi connectivity index (χ1) is 4.83. The van der Waals surface area contributed by atoms with E-state index in [0.717, 1.165) is 0 Å². The fourth-order valence-corrected chi connectivity index (χ4v) is 1.63. The summed E-state index contributed by atoms with van der Waals surface area (Å²) in [7, 11) is 0. The molecule has 0 radical (unpaired) electrons. The summed E-state index contributed by atoms with van der Waals surface area (Å²) in [6.45, 7) is 12.7. The van der Waals surface area contributed by atoms with Gasteiger partial charge in [-0.15, -0.1) is 0 Å². The zero-order chi connectivity index (χ0) is 9.23. The molecular formula is C10H22O. The van der Waals surface area contributed by atoms with E-state index in [-0.39, 0.29) is 11.5 Å². The summed E-state index contributed by atoms with van der Waals surface area (Å²) >= 11 is 0. The number of hydrogen-bond donors (Lipinski definition) is 1. The summed E-state index contributed by atoms with van der Waals surface area (Å²) < 4.78 is 0. The molecule has 0 aliphatic carbocycles.